The van der Waals surface area contributed by atoms with Crippen molar-refractivity contribution in [1.29, 1.82) is 0 Å². The van der Waals surface area contributed by atoms with Gasteiger partial charge in [-0.2, -0.15) is 0 Å². The summed E-state index contributed by atoms with van der Waals surface area (Å²) in [6.07, 6.45) is 1.47. The normalized spacial score (nSPS) is 14.3. The molecule has 0 spiro atoms. The predicted octanol–water partition coefficient (Wildman–Crippen LogP) is 3.19. The molecule has 29 heavy (non-hydrogen) atoms. The second kappa shape index (κ2) is 9.96. The molecule has 1 aliphatic rings. The Kier molecular flexibility index (Phi) is 7.11. The third-order valence-electron chi connectivity index (χ3n) is 4.95. The van der Waals surface area contributed by atoms with Gasteiger partial charge in [0.05, 0.1) is 6.61 Å². The average Bonchev–Trinajstić information content (AvgIpc) is 2.74. The number of carbonyl (C=O) groups is 2. The van der Waals surface area contributed by atoms with Crippen LogP contribution in [0.5, 0.6) is 11.5 Å². The summed E-state index contributed by atoms with van der Waals surface area (Å²) >= 11 is 0. The van der Waals surface area contributed by atoms with Crippen molar-refractivity contribution in [1.82, 2.24) is 10.2 Å². The van der Waals surface area contributed by atoms with E-state index in [2.05, 4.69) is 5.32 Å². The second-order valence-electron chi connectivity index (χ2n) is 7.17. The fourth-order valence-corrected chi connectivity index (χ4v) is 3.36. The van der Waals surface area contributed by atoms with Gasteiger partial charge in [0.1, 0.15) is 0 Å². The Morgan fingerprint density at radius 2 is 1.62 bits per heavy atom. The Morgan fingerprint density at radius 1 is 1.00 bits per heavy atom. The molecule has 0 unspecified atom stereocenters. The molecule has 1 aliphatic heterocycles. The van der Waals surface area contributed by atoms with Crippen LogP contribution in [0.3, 0.4) is 0 Å². The third-order valence-corrected chi connectivity index (χ3v) is 4.95. The maximum absolute atomic E-state index is 12.6. The van der Waals surface area contributed by atoms with Crippen LogP contribution in [0.15, 0.2) is 48.5 Å². The lowest BCUT2D eigenvalue weighted by atomic mass is 10.0. The van der Waals surface area contributed by atoms with Crippen LogP contribution in [0, 0.1) is 6.92 Å². The fraction of sp³-hybridized carbons (Fsp3) is 0.391. The minimum atomic E-state index is -0.167. The molecule has 2 aromatic carbocycles. The quantitative estimate of drug-likeness (QED) is 0.780. The average molecular weight is 396 g/mol. The maximum Gasteiger partial charge on any atom is 0.258 e. The number of aryl methyl sites for hydroxylation is 1. The Hall–Kier alpha value is -3.02. The lowest BCUT2D eigenvalue weighted by Gasteiger charge is -2.32. The van der Waals surface area contributed by atoms with Crippen molar-refractivity contribution in [2.45, 2.75) is 32.7 Å². The molecule has 2 aromatic rings. The third kappa shape index (κ3) is 5.73. The highest BCUT2D eigenvalue weighted by atomic mass is 16.5. The zero-order valence-electron chi connectivity index (χ0n) is 17.0. The van der Waals surface area contributed by atoms with E-state index in [1.165, 1.54) is 0 Å². The highest BCUT2D eigenvalue weighted by Crippen LogP contribution is 2.26. The molecular formula is C23H28N2O4. The summed E-state index contributed by atoms with van der Waals surface area (Å²) in [5.41, 5.74) is 1.84. The van der Waals surface area contributed by atoms with Crippen molar-refractivity contribution in [3.05, 3.63) is 59.7 Å². The zero-order valence-corrected chi connectivity index (χ0v) is 17.0. The first kappa shape index (κ1) is 20.7. The Bertz CT molecular complexity index is 827. The van der Waals surface area contributed by atoms with Crippen molar-refractivity contribution in [2.24, 2.45) is 0 Å². The van der Waals surface area contributed by atoms with E-state index in [1.807, 2.05) is 61.2 Å². The van der Waals surface area contributed by atoms with E-state index < -0.39 is 0 Å². The van der Waals surface area contributed by atoms with E-state index in [4.69, 9.17) is 9.47 Å². The standard InChI is InChI=1S/C23H28N2O4/c1-3-28-20-6-4-5-7-21(20)29-16-22(26)24-19-12-14-25(15-13-19)23(27)18-10-8-17(2)9-11-18/h4-11,19H,3,12-16H2,1-2H3,(H,24,26). The van der Waals surface area contributed by atoms with Crippen molar-refractivity contribution in [2.75, 3.05) is 26.3 Å². The number of amides is 2. The van der Waals surface area contributed by atoms with E-state index in [0.29, 0.717) is 36.8 Å². The van der Waals surface area contributed by atoms with Gasteiger partial charge in [0.15, 0.2) is 18.1 Å². The van der Waals surface area contributed by atoms with Gasteiger partial charge in [-0.3, -0.25) is 9.59 Å². The van der Waals surface area contributed by atoms with E-state index >= 15 is 0 Å². The molecule has 0 bridgehead atoms. The first-order chi connectivity index (χ1) is 14.1. The van der Waals surface area contributed by atoms with E-state index in [0.717, 1.165) is 18.4 Å². The molecule has 6 nitrogen and oxygen atoms in total. The number of likely N-dealkylation sites (tertiary alicyclic amines) is 1. The van der Waals surface area contributed by atoms with Gasteiger partial charge in [0, 0.05) is 24.7 Å². The molecule has 1 fully saturated rings. The van der Waals surface area contributed by atoms with Crippen molar-refractivity contribution >= 4 is 11.8 Å². The van der Waals surface area contributed by atoms with Crippen LogP contribution in [0.2, 0.25) is 0 Å². The van der Waals surface area contributed by atoms with Gasteiger partial charge in [-0.15, -0.1) is 0 Å². The van der Waals surface area contributed by atoms with Crippen LogP contribution < -0.4 is 14.8 Å². The van der Waals surface area contributed by atoms with Gasteiger partial charge in [0.2, 0.25) is 0 Å². The van der Waals surface area contributed by atoms with E-state index in [-0.39, 0.29) is 24.5 Å². The number of ether oxygens (including phenoxy) is 2. The van der Waals surface area contributed by atoms with Gasteiger partial charge in [0.25, 0.3) is 11.8 Å². The molecular weight excluding hydrogens is 368 g/mol. The highest BCUT2D eigenvalue weighted by molar-refractivity contribution is 5.94. The Balaban J connectivity index is 1.44. The number of nitrogens with one attached hydrogen (secondary N) is 1. The number of piperidine rings is 1. The van der Waals surface area contributed by atoms with E-state index in [9.17, 15) is 9.59 Å². The van der Waals surface area contributed by atoms with Crippen molar-refractivity contribution in [3.63, 3.8) is 0 Å². The molecule has 0 radical (unpaired) electrons. The molecule has 6 heteroatoms. The Labute approximate surface area is 171 Å². The molecule has 2 amide bonds. The summed E-state index contributed by atoms with van der Waals surface area (Å²) in [5, 5.41) is 3.00. The van der Waals surface area contributed by atoms with Gasteiger partial charge in [-0.25, -0.2) is 0 Å². The van der Waals surface area contributed by atoms with Gasteiger partial charge >= 0.3 is 0 Å². The topological polar surface area (TPSA) is 67.9 Å². The van der Waals surface area contributed by atoms with Crippen LogP contribution in [0.4, 0.5) is 0 Å². The lowest BCUT2D eigenvalue weighted by molar-refractivity contribution is -0.124. The number of rotatable bonds is 7. The Morgan fingerprint density at radius 3 is 2.24 bits per heavy atom. The van der Waals surface area contributed by atoms with Crippen LogP contribution in [0.25, 0.3) is 0 Å². The molecule has 0 aliphatic carbocycles. The lowest BCUT2D eigenvalue weighted by Crippen LogP contribution is -2.47. The molecule has 0 aromatic heterocycles. The molecule has 0 saturated carbocycles. The summed E-state index contributed by atoms with van der Waals surface area (Å²) in [4.78, 5) is 26.7. The van der Waals surface area contributed by atoms with Crippen LogP contribution in [-0.2, 0) is 4.79 Å². The van der Waals surface area contributed by atoms with Crippen LogP contribution in [-0.4, -0.2) is 49.1 Å². The monoisotopic (exact) mass is 396 g/mol. The minimum Gasteiger partial charge on any atom is -0.490 e. The van der Waals surface area contributed by atoms with Gasteiger partial charge < -0.3 is 19.7 Å². The molecule has 0 atom stereocenters. The summed E-state index contributed by atoms with van der Waals surface area (Å²) in [6.45, 7) is 5.64. The van der Waals surface area contributed by atoms with Gasteiger partial charge in [-0.1, -0.05) is 29.8 Å². The molecule has 1 saturated heterocycles. The second-order valence-corrected chi connectivity index (χ2v) is 7.17. The van der Waals surface area contributed by atoms with Crippen molar-refractivity contribution < 1.29 is 19.1 Å². The zero-order chi connectivity index (χ0) is 20.6. The first-order valence-corrected chi connectivity index (χ1v) is 10.1. The smallest absolute Gasteiger partial charge is 0.258 e. The molecule has 154 valence electrons. The first-order valence-electron chi connectivity index (χ1n) is 10.1. The van der Waals surface area contributed by atoms with Gasteiger partial charge in [-0.05, 0) is 51.0 Å². The van der Waals surface area contributed by atoms with Crippen LogP contribution in [0.1, 0.15) is 35.7 Å². The fourth-order valence-electron chi connectivity index (χ4n) is 3.36. The minimum absolute atomic E-state index is 0.0469. The molecule has 1 heterocycles. The predicted molar refractivity (Wildman–Crippen MR) is 111 cm³/mol. The number of benzene rings is 2. The summed E-state index contributed by atoms with van der Waals surface area (Å²) in [6, 6.07) is 15.0. The summed E-state index contributed by atoms with van der Waals surface area (Å²) in [5.74, 6) is 1.07. The summed E-state index contributed by atoms with van der Waals surface area (Å²) < 4.78 is 11.1. The summed E-state index contributed by atoms with van der Waals surface area (Å²) in [7, 11) is 0. The van der Waals surface area contributed by atoms with Crippen LogP contribution >= 0.6 is 0 Å². The number of carbonyl (C=O) groups excluding carboxylic acids is 2. The molecule has 3 rings (SSSR count). The number of hydrogen-bond acceptors (Lipinski definition) is 4. The maximum atomic E-state index is 12.6. The highest BCUT2D eigenvalue weighted by Gasteiger charge is 2.24. The van der Waals surface area contributed by atoms with E-state index in [1.54, 1.807) is 6.07 Å². The number of hydrogen-bond donors (Lipinski definition) is 1. The number of para-hydroxylation sites is 2. The van der Waals surface area contributed by atoms with Crippen molar-refractivity contribution in [3.8, 4) is 11.5 Å². The molecule has 1 N–H and O–H groups in total. The SMILES string of the molecule is CCOc1ccccc1OCC(=O)NC1CCN(C(=O)c2ccc(C)cc2)CC1. The largest absolute Gasteiger partial charge is 0.490 e. The number of nitrogens with zero attached hydrogens (tertiary/aromatic N) is 1.